The van der Waals surface area contributed by atoms with Gasteiger partial charge in [0.25, 0.3) is 11.6 Å². The van der Waals surface area contributed by atoms with Crippen LogP contribution in [0.5, 0.6) is 0 Å². The highest BCUT2D eigenvalue weighted by Gasteiger charge is 2.23. The summed E-state index contributed by atoms with van der Waals surface area (Å²) in [6, 6.07) is 15.8. The number of nitro groups is 1. The molecule has 9 nitrogen and oxygen atoms in total. The van der Waals surface area contributed by atoms with Gasteiger partial charge in [-0.15, -0.1) is 11.3 Å². The zero-order valence-corrected chi connectivity index (χ0v) is 21.8. The van der Waals surface area contributed by atoms with Crippen LogP contribution in [0.3, 0.4) is 0 Å². The van der Waals surface area contributed by atoms with Gasteiger partial charge >= 0.3 is 5.97 Å². The van der Waals surface area contributed by atoms with Crippen molar-refractivity contribution in [2.45, 2.75) is 27.3 Å². The van der Waals surface area contributed by atoms with E-state index < -0.39 is 16.8 Å². The number of fused-ring (bicyclic) bond motifs is 1. The summed E-state index contributed by atoms with van der Waals surface area (Å²) in [5.74, 6) is -1.16. The lowest BCUT2D eigenvalue weighted by atomic mass is 10.1. The highest BCUT2D eigenvalue weighted by Crippen LogP contribution is 2.33. The van der Waals surface area contributed by atoms with E-state index in [1.54, 1.807) is 26.0 Å². The van der Waals surface area contributed by atoms with E-state index in [0.29, 0.717) is 22.7 Å². The van der Waals surface area contributed by atoms with E-state index in [-0.39, 0.29) is 17.9 Å². The summed E-state index contributed by atoms with van der Waals surface area (Å²) >= 11 is 1.25. The number of hydrogen-bond acceptors (Lipinski definition) is 7. The highest BCUT2D eigenvalue weighted by atomic mass is 32.1. The van der Waals surface area contributed by atoms with E-state index in [2.05, 4.69) is 5.32 Å². The molecule has 0 unspecified atom stereocenters. The molecule has 0 aliphatic rings. The number of rotatable bonds is 8. The topological polar surface area (TPSA) is 127 Å². The van der Waals surface area contributed by atoms with Crippen molar-refractivity contribution < 1.29 is 19.2 Å². The Morgan fingerprint density at radius 2 is 1.89 bits per heavy atom. The first-order valence-electron chi connectivity index (χ1n) is 11.7. The number of nitrogens with zero attached hydrogens (tertiary/aromatic N) is 3. The number of nitro benzene ring substituents is 1. The fraction of sp³-hybridized carbons (Fsp3) is 0.179. The van der Waals surface area contributed by atoms with Crippen LogP contribution >= 0.6 is 11.3 Å². The fourth-order valence-electron chi connectivity index (χ4n) is 4.08. The molecule has 0 spiro atoms. The van der Waals surface area contributed by atoms with E-state index in [1.807, 2.05) is 48.0 Å². The largest absolute Gasteiger partial charge is 0.462 e. The summed E-state index contributed by atoms with van der Waals surface area (Å²) in [7, 11) is 0. The maximum absolute atomic E-state index is 13.1. The number of amides is 1. The quantitative estimate of drug-likeness (QED) is 0.0982. The van der Waals surface area contributed by atoms with Crippen LogP contribution in [0.4, 0.5) is 10.7 Å². The molecule has 0 aliphatic carbocycles. The first-order valence-corrected chi connectivity index (χ1v) is 12.6. The molecular formula is C28H24N4O5S. The zero-order chi connectivity index (χ0) is 27.4. The smallest absolute Gasteiger partial charge is 0.341 e. The van der Waals surface area contributed by atoms with E-state index in [0.717, 1.165) is 26.9 Å². The second-order valence-corrected chi connectivity index (χ2v) is 9.71. The number of carbonyl (C=O) groups is 2. The molecule has 0 saturated heterocycles. The van der Waals surface area contributed by atoms with Crippen molar-refractivity contribution in [3.8, 4) is 6.07 Å². The molecule has 192 valence electrons. The van der Waals surface area contributed by atoms with E-state index in [9.17, 15) is 25.0 Å². The number of anilines is 1. The van der Waals surface area contributed by atoms with Gasteiger partial charge in [-0.1, -0.05) is 30.3 Å². The third-order valence-corrected chi connectivity index (χ3v) is 7.20. The van der Waals surface area contributed by atoms with Crippen LogP contribution in [0.25, 0.3) is 17.0 Å². The molecule has 38 heavy (non-hydrogen) atoms. The monoisotopic (exact) mass is 528 g/mol. The second-order valence-electron chi connectivity index (χ2n) is 8.48. The van der Waals surface area contributed by atoms with Crippen molar-refractivity contribution in [3.05, 3.63) is 97.5 Å². The Balaban J connectivity index is 1.66. The molecule has 2 aromatic heterocycles. The number of non-ortho nitro benzene ring substituents is 1. The lowest BCUT2D eigenvalue weighted by Crippen LogP contribution is -2.16. The SMILES string of the molecule is CCOC(=O)c1c(NC(=O)/C(C#N)=C/c2cn(Cc3ccc([N+](=O)[O-])cc3)c3ccccc23)sc(C)c1C. The number of aromatic nitrogens is 1. The molecule has 0 atom stereocenters. The summed E-state index contributed by atoms with van der Waals surface area (Å²) in [4.78, 5) is 37.0. The first kappa shape index (κ1) is 26.3. The van der Waals surface area contributed by atoms with Gasteiger partial charge in [-0.25, -0.2) is 4.79 Å². The number of benzene rings is 2. The third-order valence-electron chi connectivity index (χ3n) is 6.08. The van der Waals surface area contributed by atoms with Gasteiger partial charge < -0.3 is 14.6 Å². The predicted octanol–water partition coefficient (Wildman–Crippen LogP) is 6.00. The van der Waals surface area contributed by atoms with Gasteiger partial charge in [-0.2, -0.15) is 5.26 Å². The van der Waals surface area contributed by atoms with E-state index in [4.69, 9.17) is 4.74 Å². The molecule has 0 radical (unpaired) electrons. The zero-order valence-electron chi connectivity index (χ0n) is 21.0. The number of ether oxygens (including phenoxy) is 1. The molecule has 2 aromatic carbocycles. The van der Waals surface area contributed by atoms with Crippen LogP contribution in [0, 0.1) is 35.3 Å². The second kappa shape index (κ2) is 11.1. The lowest BCUT2D eigenvalue weighted by molar-refractivity contribution is -0.384. The Morgan fingerprint density at radius 1 is 1.18 bits per heavy atom. The van der Waals surface area contributed by atoms with E-state index >= 15 is 0 Å². The molecule has 1 amide bonds. The van der Waals surface area contributed by atoms with Crippen LogP contribution in [0.1, 0.15) is 38.8 Å². The Hall–Kier alpha value is -4.75. The van der Waals surface area contributed by atoms with Crippen molar-refractivity contribution in [3.63, 3.8) is 0 Å². The van der Waals surface area contributed by atoms with Gasteiger partial charge in [0, 0.05) is 46.2 Å². The minimum absolute atomic E-state index is 0.0154. The summed E-state index contributed by atoms with van der Waals surface area (Å²) in [6.07, 6.45) is 3.35. The van der Waals surface area contributed by atoms with E-state index in [1.165, 1.54) is 29.5 Å². The molecule has 0 saturated carbocycles. The molecule has 4 aromatic rings. The fourth-order valence-corrected chi connectivity index (χ4v) is 5.12. The minimum Gasteiger partial charge on any atom is -0.462 e. The van der Waals surface area contributed by atoms with Crippen LogP contribution in [0.15, 0.2) is 60.3 Å². The minimum atomic E-state index is -0.633. The summed E-state index contributed by atoms with van der Waals surface area (Å²) in [6.45, 7) is 5.98. The van der Waals surface area contributed by atoms with Gasteiger partial charge in [0.15, 0.2) is 0 Å². The van der Waals surface area contributed by atoms with Gasteiger partial charge in [0.05, 0.1) is 17.1 Å². The molecule has 1 N–H and O–H groups in total. The number of para-hydroxylation sites is 1. The molecule has 10 heteroatoms. The maximum Gasteiger partial charge on any atom is 0.341 e. The Kier molecular flexibility index (Phi) is 7.69. The molecule has 4 rings (SSSR count). The molecular weight excluding hydrogens is 504 g/mol. The molecule has 0 aliphatic heterocycles. The number of nitriles is 1. The van der Waals surface area contributed by atoms with Crippen LogP contribution in [0.2, 0.25) is 0 Å². The predicted molar refractivity (Wildman–Crippen MR) is 146 cm³/mol. The lowest BCUT2D eigenvalue weighted by Gasteiger charge is -2.06. The highest BCUT2D eigenvalue weighted by molar-refractivity contribution is 7.16. The van der Waals surface area contributed by atoms with Gasteiger partial charge in [0.2, 0.25) is 0 Å². The number of nitrogens with one attached hydrogen (secondary N) is 1. The average molecular weight is 529 g/mol. The number of hydrogen-bond donors (Lipinski definition) is 1. The number of carbonyl (C=O) groups excluding carboxylic acids is 2. The van der Waals surface area contributed by atoms with Crippen molar-refractivity contribution in [2.24, 2.45) is 0 Å². The van der Waals surface area contributed by atoms with Gasteiger partial charge in [-0.3, -0.25) is 14.9 Å². The normalized spacial score (nSPS) is 11.3. The van der Waals surface area contributed by atoms with Crippen molar-refractivity contribution >= 4 is 50.9 Å². The van der Waals surface area contributed by atoms with Gasteiger partial charge in [-0.05, 0) is 44.0 Å². The number of esters is 1. The van der Waals surface area contributed by atoms with Crippen LogP contribution in [-0.2, 0) is 16.1 Å². The summed E-state index contributed by atoms with van der Waals surface area (Å²) in [5, 5.41) is 24.7. The maximum atomic E-state index is 13.1. The van der Waals surface area contributed by atoms with Crippen LogP contribution < -0.4 is 5.32 Å². The standard InChI is InChI=1S/C28H24N4O5S/c1-4-37-28(34)25-17(2)18(3)38-27(25)30-26(33)20(14-29)13-21-16-31(24-8-6-5-7-23(21)24)15-19-9-11-22(12-10-19)32(35)36/h5-13,16H,4,15H2,1-3H3,(H,30,33)/b20-13+. The van der Waals surface area contributed by atoms with Gasteiger partial charge in [0.1, 0.15) is 16.6 Å². The van der Waals surface area contributed by atoms with Crippen LogP contribution in [-0.4, -0.2) is 28.0 Å². The number of aryl methyl sites for hydroxylation is 1. The third kappa shape index (κ3) is 5.33. The summed E-state index contributed by atoms with van der Waals surface area (Å²) in [5.41, 5.74) is 3.31. The van der Waals surface area contributed by atoms with Crippen molar-refractivity contribution in [1.29, 1.82) is 5.26 Å². The number of thiophene rings is 1. The molecule has 0 fully saturated rings. The first-order chi connectivity index (χ1) is 18.2. The Bertz CT molecular complexity index is 1620. The average Bonchev–Trinajstić information content (AvgIpc) is 3.38. The Morgan fingerprint density at radius 3 is 2.55 bits per heavy atom. The van der Waals surface area contributed by atoms with Crippen molar-refractivity contribution in [2.75, 3.05) is 11.9 Å². The molecule has 0 bridgehead atoms. The molecule has 2 heterocycles. The summed E-state index contributed by atoms with van der Waals surface area (Å²) < 4.78 is 7.10. The van der Waals surface area contributed by atoms with Crippen molar-refractivity contribution in [1.82, 2.24) is 4.57 Å². The Labute approximate surface area is 222 Å².